The number of ether oxygens (including phenoxy) is 2. The Labute approximate surface area is 181 Å². The zero-order valence-corrected chi connectivity index (χ0v) is 17.6. The molecule has 31 heavy (non-hydrogen) atoms. The van der Waals surface area contributed by atoms with Crippen LogP contribution in [0.15, 0.2) is 63.3 Å². The monoisotopic (exact) mass is 434 g/mol. The molecule has 1 amide bonds. The first-order chi connectivity index (χ1) is 15.1. The average Bonchev–Trinajstić information content (AvgIpc) is 3.41. The van der Waals surface area contributed by atoms with Gasteiger partial charge in [0.1, 0.15) is 5.58 Å². The molecule has 1 unspecified atom stereocenters. The highest BCUT2D eigenvalue weighted by atomic mass is 32.1. The molecule has 1 aliphatic rings. The molecule has 3 heterocycles. The fourth-order valence-electron chi connectivity index (χ4n) is 3.90. The lowest BCUT2D eigenvalue weighted by atomic mass is 9.98. The maximum Gasteiger partial charge on any atom is 0.297 e. The molecule has 2 aromatic carbocycles. The Balaban J connectivity index is 1.77. The van der Waals surface area contributed by atoms with E-state index >= 15 is 0 Å². The lowest BCUT2D eigenvalue weighted by molar-refractivity contribution is 0.0971. The first kappa shape index (κ1) is 19.3. The highest BCUT2D eigenvalue weighted by Crippen LogP contribution is 2.43. The lowest BCUT2D eigenvalue weighted by Crippen LogP contribution is -2.29. The van der Waals surface area contributed by atoms with Gasteiger partial charge in [-0.05, 0) is 36.8 Å². The van der Waals surface area contributed by atoms with Gasteiger partial charge in [-0.2, -0.15) is 0 Å². The molecular weight excluding hydrogens is 416 g/mol. The molecule has 0 saturated heterocycles. The van der Waals surface area contributed by atoms with Crippen LogP contribution >= 0.6 is 11.3 Å². The van der Waals surface area contributed by atoms with Gasteiger partial charge in [0.25, 0.3) is 5.91 Å². The van der Waals surface area contributed by atoms with Gasteiger partial charge in [0, 0.05) is 11.6 Å². The van der Waals surface area contributed by atoms with Gasteiger partial charge < -0.3 is 13.9 Å². The zero-order valence-electron chi connectivity index (χ0n) is 16.8. The molecule has 4 aromatic rings. The van der Waals surface area contributed by atoms with E-state index in [0.29, 0.717) is 45.3 Å². The number of carbonyl (C=O) groups excluding carboxylic acids is 1. The lowest BCUT2D eigenvalue weighted by Gasteiger charge is -2.23. The maximum absolute atomic E-state index is 13.5. The van der Waals surface area contributed by atoms with Crippen LogP contribution in [-0.4, -0.2) is 24.6 Å². The second-order valence-corrected chi connectivity index (χ2v) is 7.78. The summed E-state index contributed by atoms with van der Waals surface area (Å²) in [6, 6.07) is 11.6. The number of carbonyl (C=O) groups is 1. The van der Waals surface area contributed by atoms with Crippen LogP contribution in [0.3, 0.4) is 0 Å². The summed E-state index contributed by atoms with van der Waals surface area (Å²) in [6.07, 6.45) is 1.62. The molecule has 5 rings (SSSR count). The van der Waals surface area contributed by atoms with Crippen molar-refractivity contribution in [3.8, 4) is 11.5 Å². The summed E-state index contributed by atoms with van der Waals surface area (Å²) >= 11 is 1.32. The second kappa shape index (κ2) is 7.55. The third-order valence-corrected chi connectivity index (χ3v) is 5.98. The van der Waals surface area contributed by atoms with E-state index in [0.717, 1.165) is 0 Å². The Morgan fingerprint density at radius 3 is 2.74 bits per heavy atom. The molecule has 0 N–H and O–H groups in total. The Bertz CT molecular complexity index is 1350. The smallest absolute Gasteiger partial charge is 0.297 e. The van der Waals surface area contributed by atoms with Crippen LogP contribution in [0.5, 0.6) is 11.5 Å². The fraction of sp³-hybridized carbons (Fsp3) is 0.174. The number of nitrogens with zero attached hydrogens (tertiary/aromatic N) is 2. The molecule has 0 bridgehead atoms. The normalized spacial score (nSPS) is 15.4. The summed E-state index contributed by atoms with van der Waals surface area (Å²) in [5.41, 5.74) is 1.14. The molecule has 1 atom stereocenters. The van der Waals surface area contributed by atoms with E-state index in [1.165, 1.54) is 16.2 Å². The van der Waals surface area contributed by atoms with Crippen LogP contribution in [0.2, 0.25) is 0 Å². The van der Waals surface area contributed by atoms with Crippen LogP contribution in [0.4, 0.5) is 5.13 Å². The molecular formula is C23H18N2O5S. The van der Waals surface area contributed by atoms with E-state index in [1.807, 2.05) is 13.0 Å². The summed E-state index contributed by atoms with van der Waals surface area (Å²) in [7, 11) is 1.55. The van der Waals surface area contributed by atoms with Crippen molar-refractivity contribution >= 4 is 33.3 Å². The third-order valence-electron chi connectivity index (χ3n) is 5.21. The van der Waals surface area contributed by atoms with E-state index < -0.39 is 11.9 Å². The van der Waals surface area contributed by atoms with Gasteiger partial charge >= 0.3 is 0 Å². The van der Waals surface area contributed by atoms with Crippen LogP contribution in [0, 0.1) is 0 Å². The fourth-order valence-corrected chi connectivity index (χ4v) is 4.56. The van der Waals surface area contributed by atoms with Gasteiger partial charge in [-0.3, -0.25) is 14.5 Å². The van der Waals surface area contributed by atoms with E-state index in [4.69, 9.17) is 13.9 Å². The van der Waals surface area contributed by atoms with Crippen molar-refractivity contribution in [2.45, 2.75) is 13.0 Å². The number of fused-ring (bicyclic) bond motifs is 2. The summed E-state index contributed by atoms with van der Waals surface area (Å²) < 4.78 is 17.0. The quantitative estimate of drug-likeness (QED) is 0.463. The Morgan fingerprint density at radius 1 is 1.16 bits per heavy atom. The Kier molecular flexibility index (Phi) is 4.71. The highest BCUT2D eigenvalue weighted by Gasteiger charge is 2.44. The first-order valence-corrected chi connectivity index (χ1v) is 10.6. The predicted octanol–water partition coefficient (Wildman–Crippen LogP) is 4.41. The maximum atomic E-state index is 13.5. The van der Waals surface area contributed by atoms with Gasteiger partial charge in [0.05, 0.1) is 30.7 Å². The van der Waals surface area contributed by atoms with E-state index in [2.05, 4.69) is 4.98 Å². The van der Waals surface area contributed by atoms with Gasteiger partial charge in [-0.15, -0.1) is 11.3 Å². The van der Waals surface area contributed by atoms with Crippen molar-refractivity contribution in [2.75, 3.05) is 18.6 Å². The number of rotatable bonds is 5. The Morgan fingerprint density at radius 2 is 2.00 bits per heavy atom. The van der Waals surface area contributed by atoms with Gasteiger partial charge in [0.15, 0.2) is 22.1 Å². The minimum atomic E-state index is -0.695. The van der Waals surface area contributed by atoms with Gasteiger partial charge in [-0.1, -0.05) is 18.2 Å². The van der Waals surface area contributed by atoms with Crippen molar-refractivity contribution < 1.29 is 18.7 Å². The number of methoxy groups -OCH3 is 1. The zero-order chi connectivity index (χ0) is 21.5. The number of hydrogen-bond donors (Lipinski definition) is 0. The van der Waals surface area contributed by atoms with Crippen molar-refractivity contribution in [1.82, 2.24) is 4.98 Å². The topological polar surface area (TPSA) is 81.9 Å². The van der Waals surface area contributed by atoms with E-state index in [9.17, 15) is 9.59 Å². The number of aromatic nitrogens is 1. The largest absolute Gasteiger partial charge is 0.493 e. The molecule has 0 saturated carbocycles. The minimum absolute atomic E-state index is 0.0387. The third kappa shape index (κ3) is 2.98. The first-order valence-electron chi connectivity index (χ1n) is 9.73. The summed E-state index contributed by atoms with van der Waals surface area (Å²) in [5.74, 6) is 0.747. The number of hydrogen-bond acceptors (Lipinski definition) is 7. The molecule has 7 nitrogen and oxygen atoms in total. The molecule has 0 aliphatic carbocycles. The number of amides is 1. The number of para-hydroxylation sites is 1. The van der Waals surface area contributed by atoms with Gasteiger partial charge in [-0.25, -0.2) is 4.98 Å². The van der Waals surface area contributed by atoms with Crippen LogP contribution in [0.25, 0.3) is 11.0 Å². The van der Waals surface area contributed by atoms with Crippen LogP contribution < -0.4 is 19.8 Å². The SMILES string of the molecule is CCOc1ccc(C2c3c(oc4ccccc4c3=O)C(=O)N2c2nccs2)cc1OC. The molecule has 0 spiro atoms. The van der Waals surface area contributed by atoms with Crippen LogP contribution in [-0.2, 0) is 0 Å². The molecule has 8 heteroatoms. The second-order valence-electron chi connectivity index (χ2n) is 6.91. The summed E-state index contributed by atoms with van der Waals surface area (Å²) in [6.45, 7) is 2.38. The standard InChI is InChI=1S/C23H18N2O5S/c1-3-29-16-9-8-13(12-17(16)28-2)19-18-20(26)14-6-4-5-7-15(14)30-21(18)22(27)25(19)23-24-10-11-31-23/h4-12,19H,3H2,1-2H3. The molecule has 1 aliphatic heterocycles. The van der Waals surface area contributed by atoms with Gasteiger partial charge in [0.2, 0.25) is 5.76 Å². The van der Waals surface area contributed by atoms with Crippen molar-refractivity contribution in [3.63, 3.8) is 0 Å². The van der Waals surface area contributed by atoms with E-state index in [1.54, 1.807) is 55.1 Å². The number of thiazole rings is 1. The average molecular weight is 434 g/mol. The number of benzene rings is 2. The highest BCUT2D eigenvalue weighted by molar-refractivity contribution is 7.13. The van der Waals surface area contributed by atoms with E-state index in [-0.39, 0.29) is 11.2 Å². The molecule has 0 radical (unpaired) electrons. The van der Waals surface area contributed by atoms with Crippen molar-refractivity contribution in [3.05, 3.63) is 81.2 Å². The molecule has 156 valence electrons. The summed E-state index contributed by atoms with van der Waals surface area (Å²) in [5, 5.41) is 2.70. The Hall–Kier alpha value is -3.65. The predicted molar refractivity (Wildman–Crippen MR) is 117 cm³/mol. The molecule has 2 aromatic heterocycles. The molecule has 0 fully saturated rings. The number of anilines is 1. The minimum Gasteiger partial charge on any atom is -0.493 e. The van der Waals surface area contributed by atoms with Crippen molar-refractivity contribution in [1.29, 1.82) is 0 Å². The summed E-state index contributed by atoms with van der Waals surface area (Å²) in [4.78, 5) is 32.7. The van der Waals surface area contributed by atoms with Crippen LogP contribution in [0.1, 0.15) is 34.6 Å². The van der Waals surface area contributed by atoms with Crippen molar-refractivity contribution in [2.24, 2.45) is 0 Å².